The maximum atomic E-state index is 12.6. The van der Waals surface area contributed by atoms with Crippen LogP contribution in [0.25, 0.3) is 0 Å². The van der Waals surface area contributed by atoms with Crippen molar-refractivity contribution in [3.05, 3.63) is 46.3 Å². The minimum absolute atomic E-state index is 0.191. The second-order valence-corrected chi connectivity index (χ2v) is 4.78. The summed E-state index contributed by atoms with van der Waals surface area (Å²) in [5.41, 5.74) is 0.613. The third-order valence-electron chi connectivity index (χ3n) is 3.55. The Balaban J connectivity index is 2.28. The number of nitro groups is 1. The van der Waals surface area contributed by atoms with E-state index >= 15 is 0 Å². The highest BCUT2D eigenvalue weighted by molar-refractivity contribution is 6.12. The van der Waals surface area contributed by atoms with Crippen LogP contribution in [0, 0.1) is 10.1 Å². The van der Waals surface area contributed by atoms with Crippen molar-refractivity contribution >= 4 is 28.9 Å². The fraction of sp³-hybridized carbons (Fsp3) is 0.214. The van der Waals surface area contributed by atoms with Gasteiger partial charge >= 0.3 is 0 Å². The Labute approximate surface area is 126 Å². The lowest BCUT2D eigenvalue weighted by atomic mass is 10.2. The van der Waals surface area contributed by atoms with Crippen molar-refractivity contribution in [3.63, 3.8) is 0 Å². The van der Waals surface area contributed by atoms with Gasteiger partial charge in [-0.3, -0.25) is 14.9 Å². The summed E-state index contributed by atoms with van der Waals surface area (Å²) >= 11 is 0. The molecule has 8 nitrogen and oxygen atoms in total. The predicted octanol–water partition coefficient (Wildman–Crippen LogP) is 2.13. The number of pyridine rings is 2. The fourth-order valence-corrected chi connectivity index (χ4v) is 2.47. The molecule has 0 saturated heterocycles. The second-order valence-electron chi connectivity index (χ2n) is 4.78. The Morgan fingerprint density at radius 3 is 2.77 bits per heavy atom. The number of hydrogen-bond donors (Lipinski definition) is 0. The van der Waals surface area contributed by atoms with Crippen molar-refractivity contribution in [1.29, 1.82) is 0 Å². The summed E-state index contributed by atoms with van der Waals surface area (Å²) in [4.78, 5) is 34.7. The topological polar surface area (TPSA) is 92.5 Å². The minimum Gasteiger partial charge on any atom is -0.309 e. The van der Waals surface area contributed by atoms with Gasteiger partial charge in [-0.1, -0.05) is 0 Å². The molecule has 0 saturated carbocycles. The first-order valence-electron chi connectivity index (χ1n) is 6.69. The number of carbonyl (C=O) groups is 1. The van der Waals surface area contributed by atoms with E-state index in [1.807, 2.05) is 6.92 Å². The van der Waals surface area contributed by atoms with Gasteiger partial charge in [0.15, 0.2) is 5.82 Å². The second kappa shape index (κ2) is 5.06. The molecular formula is C14H13N5O3. The largest absolute Gasteiger partial charge is 0.309 e. The number of fused-ring (bicyclic) bond motifs is 2. The van der Waals surface area contributed by atoms with Crippen molar-refractivity contribution in [2.24, 2.45) is 0 Å². The van der Waals surface area contributed by atoms with E-state index in [-0.39, 0.29) is 17.2 Å². The van der Waals surface area contributed by atoms with Crippen LogP contribution in [0.1, 0.15) is 17.3 Å². The molecule has 0 aliphatic carbocycles. The van der Waals surface area contributed by atoms with Gasteiger partial charge in [-0.25, -0.2) is 9.97 Å². The predicted molar refractivity (Wildman–Crippen MR) is 80.5 cm³/mol. The van der Waals surface area contributed by atoms with Gasteiger partial charge in [-0.2, -0.15) is 0 Å². The number of hydrogen-bond acceptors (Lipinski definition) is 6. The Kier molecular flexibility index (Phi) is 3.21. The first-order chi connectivity index (χ1) is 10.5. The molecule has 1 amide bonds. The van der Waals surface area contributed by atoms with E-state index in [9.17, 15) is 14.9 Å². The number of aromatic nitrogens is 2. The molecule has 2 aromatic heterocycles. The summed E-state index contributed by atoms with van der Waals surface area (Å²) in [5.74, 6) is 0.625. The molecular weight excluding hydrogens is 286 g/mol. The van der Waals surface area contributed by atoms with E-state index in [1.54, 1.807) is 30.3 Å². The molecule has 1 aliphatic rings. The van der Waals surface area contributed by atoms with Gasteiger partial charge in [0.25, 0.3) is 11.6 Å². The van der Waals surface area contributed by atoms with Gasteiger partial charge in [-0.05, 0) is 19.1 Å². The van der Waals surface area contributed by atoms with Crippen LogP contribution < -0.4 is 9.80 Å². The van der Waals surface area contributed by atoms with Gasteiger partial charge < -0.3 is 9.80 Å². The molecule has 0 unspecified atom stereocenters. The normalized spacial score (nSPS) is 13.5. The summed E-state index contributed by atoms with van der Waals surface area (Å²) < 4.78 is 0. The summed E-state index contributed by atoms with van der Waals surface area (Å²) in [6.45, 7) is 2.43. The lowest BCUT2D eigenvalue weighted by Crippen LogP contribution is -2.25. The van der Waals surface area contributed by atoms with Gasteiger partial charge in [-0.15, -0.1) is 0 Å². The van der Waals surface area contributed by atoms with Crippen molar-refractivity contribution in [3.8, 4) is 0 Å². The van der Waals surface area contributed by atoms with E-state index in [0.29, 0.717) is 23.9 Å². The van der Waals surface area contributed by atoms with Crippen LogP contribution in [0.2, 0.25) is 0 Å². The molecule has 0 N–H and O–H groups in total. The van der Waals surface area contributed by atoms with Crippen molar-refractivity contribution in [2.75, 3.05) is 23.4 Å². The van der Waals surface area contributed by atoms with Crippen LogP contribution in [0.4, 0.5) is 23.0 Å². The van der Waals surface area contributed by atoms with Gasteiger partial charge in [0.1, 0.15) is 12.0 Å². The quantitative estimate of drug-likeness (QED) is 0.623. The molecule has 0 atom stereocenters. The first-order valence-corrected chi connectivity index (χ1v) is 6.69. The molecule has 8 heteroatoms. The molecule has 3 rings (SSSR count). The fourth-order valence-electron chi connectivity index (χ4n) is 2.47. The number of rotatable bonds is 2. The molecule has 0 fully saturated rings. The number of anilines is 3. The Bertz CT molecular complexity index is 777. The maximum absolute atomic E-state index is 12.6. The lowest BCUT2D eigenvalue weighted by molar-refractivity contribution is -0.385. The van der Waals surface area contributed by atoms with Crippen LogP contribution in [0.15, 0.2) is 30.6 Å². The maximum Gasteiger partial charge on any atom is 0.288 e. The van der Waals surface area contributed by atoms with Crippen molar-refractivity contribution in [2.45, 2.75) is 6.92 Å². The molecule has 0 radical (unpaired) electrons. The van der Waals surface area contributed by atoms with E-state index < -0.39 is 4.92 Å². The molecule has 3 heterocycles. The Morgan fingerprint density at radius 2 is 2.09 bits per heavy atom. The van der Waals surface area contributed by atoms with Crippen LogP contribution in [0.3, 0.4) is 0 Å². The molecule has 22 heavy (non-hydrogen) atoms. The lowest BCUT2D eigenvalue weighted by Gasteiger charge is -2.22. The highest BCUT2D eigenvalue weighted by atomic mass is 16.6. The summed E-state index contributed by atoms with van der Waals surface area (Å²) in [6.07, 6.45) is 2.79. The third-order valence-corrected chi connectivity index (χ3v) is 3.55. The Morgan fingerprint density at radius 1 is 1.32 bits per heavy atom. The number of amides is 1. The van der Waals surface area contributed by atoms with E-state index in [2.05, 4.69) is 9.97 Å². The first kappa shape index (κ1) is 13.9. The van der Waals surface area contributed by atoms with Crippen LogP contribution in [-0.4, -0.2) is 34.4 Å². The standard InChI is InChI=1S/C14H13N5O3/c1-3-18-12-10(7-9(8-16-12)19(21)22)14(20)17(2)11-5-4-6-15-13(11)18/h4-8H,3H2,1-2H3. The smallest absolute Gasteiger partial charge is 0.288 e. The molecule has 0 bridgehead atoms. The molecule has 2 aromatic rings. The molecule has 112 valence electrons. The SMILES string of the molecule is CCN1c2ncc([N+](=O)[O-])cc2C(=O)N(C)c2cccnc21. The van der Waals surface area contributed by atoms with Crippen LogP contribution in [0.5, 0.6) is 0 Å². The molecule has 0 aromatic carbocycles. The van der Waals surface area contributed by atoms with E-state index in [0.717, 1.165) is 6.20 Å². The monoisotopic (exact) mass is 299 g/mol. The number of carbonyl (C=O) groups excluding carboxylic acids is 1. The van der Waals surface area contributed by atoms with Crippen molar-refractivity contribution < 1.29 is 9.72 Å². The molecule has 1 aliphatic heterocycles. The zero-order valence-electron chi connectivity index (χ0n) is 12.1. The zero-order valence-corrected chi connectivity index (χ0v) is 12.1. The average Bonchev–Trinajstić information content (AvgIpc) is 2.62. The Hall–Kier alpha value is -3.03. The van der Waals surface area contributed by atoms with E-state index in [1.165, 1.54) is 11.0 Å². The van der Waals surface area contributed by atoms with Gasteiger partial charge in [0.05, 0.1) is 16.2 Å². The van der Waals surface area contributed by atoms with Crippen LogP contribution in [-0.2, 0) is 0 Å². The highest BCUT2D eigenvalue weighted by Crippen LogP contribution is 2.37. The highest BCUT2D eigenvalue weighted by Gasteiger charge is 2.31. The minimum atomic E-state index is -0.562. The molecule has 0 spiro atoms. The van der Waals surface area contributed by atoms with E-state index in [4.69, 9.17) is 0 Å². The summed E-state index contributed by atoms with van der Waals surface area (Å²) in [5, 5.41) is 10.9. The van der Waals surface area contributed by atoms with Gasteiger partial charge in [0, 0.05) is 25.9 Å². The van der Waals surface area contributed by atoms with Gasteiger partial charge in [0.2, 0.25) is 0 Å². The number of nitrogens with zero attached hydrogens (tertiary/aromatic N) is 5. The third kappa shape index (κ3) is 1.96. The average molecular weight is 299 g/mol. The zero-order chi connectivity index (χ0) is 15.9. The summed E-state index contributed by atoms with van der Waals surface area (Å²) in [6, 6.07) is 4.78. The summed E-state index contributed by atoms with van der Waals surface area (Å²) in [7, 11) is 1.62. The van der Waals surface area contributed by atoms with Crippen molar-refractivity contribution in [1.82, 2.24) is 9.97 Å². The van der Waals surface area contributed by atoms with Crippen LogP contribution >= 0.6 is 0 Å².